The lowest BCUT2D eigenvalue weighted by Gasteiger charge is -2.33. The number of ether oxygens (including phenoxy) is 1. The molecule has 4 aromatic carbocycles. The smallest absolute Gasteiger partial charge is 0.270 e. The van der Waals surface area contributed by atoms with Crippen LogP contribution >= 0.6 is 0 Å². The predicted octanol–water partition coefficient (Wildman–Crippen LogP) is 6.47. The van der Waals surface area contributed by atoms with Crippen molar-refractivity contribution < 1.29 is 31.3 Å². The van der Waals surface area contributed by atoms with Gasteiger partial charge in [0.25, 0.3) is 15.7 Å². The zero-order chi connectivity index (χ0) is 35.3. The number of para-hydroxylation sites is 1. The molecule has 1 aliphatic heterocycles. The summed E-state index contributed by atoms with van der Waals surface area (Å²) in [5.41, 5.74) is 3.34. The second-order valence-corrected chi connectivity index (χ2v) is 16.1. The molecule has 258 valence electrons. The number of non-ortho nitro benzene ring substituents is 1. The van der Waals surface area contributed by atoms with Gasteiger partial charge >= 0.3 is 0 Å². The van der Waals surface area contributed by atoms with Crippen LogP contribution in [0.4, 0.5) is 5.69 Å². The molecule has 0 saturated carbocycles. The Hall–Kier alpha value is -4.59. The third kappa shape index (κ3) is 8.35. The number of nitrogens with one attached hydrogen (secondary N) is 1. The zero-order valence-electron chi connectivity index (χ0n) is 27.5. The van der Waals surface area contributed by atoms with Crippen LogP contribution in [0, 0.1) is 16.0 Å². The summed E-state index contributed by atoms with van der Waals surface area (Å²) >= 11 is 0. The van der Waals surface area contributed by atoms with E-state index in [0.717, 1.165) is 41.3 Å². The number of hydrogen-bond donors (Lipinski definition) is 1. The highest BCUT2D eigenvalue weighted by molar-refractivity contribution is 7.90. The van der Waals surface area contributed by atoms with Gasteiger partial charge in [0, 0.05) is 31.1 Å². The Morgan fingerprint density at radius 3 is 2.31 bits per heavy atom. The van der Waals surface area contributed by atoms with E-state index < -0.39 is 47.4 Å². The molecule has 5 rings (SSSR count). The molecule has 2 unspecified atom stereocenters. The Morgan fingerprint density at radius 2 is 1.59 bits per heavy atom. The molecule has 0 radical (unpaired) electrons. The van der Waals surface area contributed by atoms with Crippen LogP contribution in [0.1, 0.15) is 56.6 Å². The molecule has 13 heteroatoms. The number of nitro groups is 1. The molecule has 1 amide bonds. The minimum Gasteiger partial charge on any atom is -0.492 e. The highest BCUT2D eigenvalue weighted by Gasteiger charge is 2.32. The lowest BCUT2D eigenvalue weighted by molar-refractivity contribution is -0.385. The number of sulfonamides is 2. The Morgan fingerprint density at radius 1 is 0.898 bits per heavy atom. The van der Waals surface area contributed by atoms with Crippen LogP contribution in [0.2, 0.25) is 0 Å². The maximum Gasteiger partial charge on any atom is 0.270 e. The third-order valence-electron chi connectivity index (χ3n) is 8.64. The summed E-state index contributed by atoms with van der Waals surface area (Å²) in [5, 5.41) is 11.1. The summed E-state index contributed by atoms with van der Waals surface area (Å²) in [6.07, 6.45) is 1.37. The quantitative estimate of drug-likeness (QED) is 0.130. The van der Waals surface area contributed by atoms with E-state index in [-0.39, 0.29) is 24.0 Å². The fourth-order valence-corrected chi connectivity index (χ4v) is 8.44. The van der Waals surface area contributed by atoms with Gasteiger partial charge in [-0.1, -0.05) is 81.4 Å². The van der Waals surface area contributed by atoms with Crippen molar-refractivity contribution >= 4 is 31.6 Å². The van der Waals surface area contributed by atoms with E-state index in [4.69, 9.17) is 4.74 Å². The molecule has 1 N–H and O–H groups in total. The van der Waals surface area contributed by atoms with Gasteiger partial charge in [-0.3, -0.25) is 14.9 Å². The fraction of sp³-hybridized carbons (Fsp3) is 0.306. The van der Waals surface area contributed by atoms with E-state index in [0.29, 0.717) is 24.6 Å². The monoisotopic (exact) mass is 705 g/mol. The summed E-state index contributed by atoms with van der Waals surface area (Å²) in [4.78, 5) is 23.0. The second kappa shape index (κ2) is 14.9. The normalized spacial score (nSPS) is 16.2. The highest BCUT2D eigenvalue weighted by atomic mass is 32.2. The van der Waals surface area contributed by atoms with Crippen molar-refractivity contribution in [3.63, 3.8) is 0 Å². The lowest BCUT2D eigenvalue weighted by Crippen LogP contribution is -2.39. The number of amides is 1. The van der Waals surface area contributed by atoms with Crippen LogP contribution in [-0.2, 0) is 24.8 Å². The molecule has 0 bridgehead atoms. The number of carbonyl (C=O) groups excluding carboxylic acids is 1. The topological polar surface area (TPSA) is 153 Å². The molecule has 0 aromatic heterocycles. The number of hydrogen-bond acceptors (Lipinski definition) is 8. The van der Waals surface area contributed by atoms with Crippen LogP contribution in [0.5, 0.6) is 5.75 Å². The minimum atomic E-state index is -4.36. The maximum atomic E-state index is 13.9. The Kier molecular flexibility index (Phi) is 10.9. The molecule has 2 atom stereocenters. The van der Waals surface area contributed by atoms with Gasteiger partial charge < -0.3 is 4.74 Å². The van der Waals surface area contributed by atoms with Crippen LogP contribution in [0.15, 0.2) is 107 Å². The van der Waals surface area contributed by atoms with Gasteiger partial charge in [0.2, 0.25) is 15.9 Å². The number of benzene rings is 4. The zero-order valence-corrected chi connectivity index (χ0v) is 29.1. The fourth-order valence-electron chi connectivity index (χ4n) is 5.76. The van der Waals surface area contributed by atoms with E-state index in [1.807, 2.05) is 35.1 Å². The van der Waals surface area contributed by atoms with Crippen molar-refractivity contribution in [2.75, 3.05) is 19.7 Å². The first-order chi connectivity index (χ1) is 23.3. The third-order valence-corrected chi connectivity index (χ3v) is 11.8. The molecule has 0 spiro atoms. The first-order valence-electron chi connectivity index (χ1n) is 16.0. The summed E-state index contributed by atoms with van der Waals surface area (Å²) < 4.78 is 62.8. The van der Waals surface area contributed by atoms with Gasteiger partial charge in [0.15, 0.2) is 0 Å². The highest BCUT2D eigenvalue weighted by Crippen LogP contribution is 2.36. The van der Waals surface area contributed by atoms with E-state index >= 15 is 0 Å². The lowest BCUT2D eigenvalue weighted by atomic mass is 9.91. The number of nitrogens with zero attached hydrogens (tertiary/aromatic N) is 2. The number of rotatable bonds is 12. The molecule has 1 heterocycles. The van der Waals surface area contributed by atoms with Crippen LogP contribution in [-0.4, -0.2) is 51.7 Å². The molecule has 1 aliphatic rings. The van der Waals surface area contributed by atoms with E-state index in [9.17, 15) is 31.7 Å². The first kappa shape index (κ1) is 35.7. The molecular weight excluding hydrogens is 667 g/mol. The minimum absolute atomic E-state index is 0.160. The van der Waals surface area contributed by atoms with Gasteiger partial charge in [-0.2, -0.15) is 4.31 Å². The number of piperidine rings is 1. The Labute approximate surface area is 287 Å². The van der Waals surface area contributed by atoms with E-state index in [2.05, 4.69) is 26.0 Å². The summed E-state index contributed by atoms with van der Waals surface area (Å²) in [7, 11) is -8.16. The molecule has 1 saturated heterocycles. The second-order valence-electron chi connectivity index (χ2n) is 12.5. The first-order valence-corrected chi connectivity index (χ1v) is 18.9. The van der Waals surface area contributed by atoms with Gasteiger partial charge in [0.05, 0.1) is 27.2 Å². The van der Waals surface area contributed by atoms with Gasteiger partial charge in [-0.25, -0.2) is 21.6 Å². The Bertz CT molecular complexity index is 2050. The predicted molar refractivity (Wildman–Crippen MR) is 186 cm³/mol. The van der Waals surface area contributed by atoms with Gasteiger partial charge in [0.1, 0.15) is 5.75 Å². The molecule has 4 aromatic rings. The molecule has 49 heavy (non-hydrogen) atoms. The molecule has 1 fully saturated rings. The van der Waals surface area contributed by atoms with Crippen molar-refractivity contribution in [2.45, 2.75) is 55.2 Å². The molecule has 0 aliphatic carbocycles. The summed E-state index contributed by atoms with van der Waals surface area (Å²) in [5.74, 6) is -1.05. The van der Waals surface area contributed by atoms with E-state index in [1.54, 1.807) is 30.3 Å². The van der Waals surface area contributed by atoms with Gasteiger partial charge in [-0.05, 0) is 65.3 Å². The average molecular weight is 706 g/mol. The molecular formula is C36H39N3O8S2. The van der Waals surface area contributed by atoms with E-state index in [1.165, 1.54) is 22.9 Å². The maximum absolute atomic E-state index is 13.9. The number of carbonyl (C=O) groups is 1. The van der Waals surface area contributed by atoms with Crippen LogP contribution < -0.4 is 9.46 Å². The van der Waals surface area contributed by atoms with Crippen molar-refractivity contribution in [1.82, 2.24) is 9.03 Å². The SMILES string of the molecule is CC(COc1ccccc1C1CCCN(S(=O)(=O)c2cccc(-c3ccc(C(C)C)cc3)c2)C1)C(=O)NS(=O)(=O)c1cccc([N+](=O)[O-])c1. The largest absolute Gasteiger partial charge is 0.492 e. The Balaban J connectivity index is 1.26. The van der Waals surface area contributed by atoms with Crippen molar-refractivity contribution in [3.8, 4) is 16.9 Å². The van der Waals surface area contributed by atoms with Crippen molar-refractivity contribution in [2.24, 2.45) is 5.92 Å². The van der Waals surface area contributed by atoms with Gasteiger partial charge in [-0.15, -0.1) is 0 Å². The van der Waals surface area contributed by atoms with Crippen LogP contribution in [0.25, 0.3) is 11.1 Å². The summed E-state index contributed by atoms with van der Waals surface area (Å²) in [6.45, 7) is 6.22. The van der Waals surface area contributed by atoms with Crippen molar-refractivity contribution in [1.29, 1.82) is 0 Å². The number of nitro benzene ring substituents is 1. The summed E-state index contributed by atoms with van der Waals surface area (Å²) in [6, 6.07) is 26.8. The van der Waals surface area contributed by atoms with Crippen molar-refractivity contribution in [3.05, 3.63) is 118 Å². The average Bonchev–Trinajstić information content (AvgIpc) is 3.10. The molecule has 11 nitrogen and oxygen atoms in total. The standard InChI is InChI=1S/C36H39N3O8S2/c1-25(2)27-16-18-28(19-17-27)29-9-6-13-33(21-29)49(45,46)38-20-8-10-30(23-38)34-14-4-5-15-35(34)47-24-26(3)36(40)37-48(43,44)32-12-7-11-31(22-32)39(41)42/h4-7,9,11-19,21-22,25-26,30H,8,10,20,23-24H2,1-3H3,(H,37,40). The van der Waals surface area contributed by atoms with Crippen LogP contribution in [0.3, 0.4) is 0 Å².